The van der Waals surface area contributed by atoms with Crippen LogP contribution in [0.3, 0.4) is 0 Å². The first-order chi connectivity index (χ1) is 9.09. The van der Waals surface area contributed by atoms with Crippen LogP contribution in [0.4, 0.5) is 0 Å². The van der Waals surface area contributed by atoms with Gasteiger partial charge in [-0.05, 0) is 51.0 Å². The summed E-state index contributed by atoms with van der Waals surface area (Å²) in [6, 6.07) is 2.54. The number of hydrogen-bond acceptors (Lipinski definition) is 3. The number of nitrogens with zero attached hydrogens (tertiary/aromatic N) is 2. The fraction of sp³-hybridized carbons (Fsp3) is 0.938. The van der Waals surface area contributed by atoms with Gasteiger partial charge >= 0.3 is 0 Å². The molecule has 108 valence electrons. The lowest BCUT2D eigenvalue weighted by molar-refractivity contribution is -0.113. The van der Waals surface area contributed by atoms with Crippen molar-refractivity contribution in [3.8, 4) is 6.07 Å². The maximum atomic E-state index is 11.1. The molecule has 1 N–H and O–H groups in total. The summed E-state index contributed by atoms with van der Waals surface area (Å²) in [4.78, 5) is 2.37. The number of piperidine rings is 1. The highest BCUT2D eigenvalue weighted by Crippen LogP contribution is 2.50. The van der Waals surface area contributed by atoms with Gasteiger partial charge in [0, 0.05) is 13.1 Å². The third-order valence-corrected chi connectivity index (χ3v) is 5.77. The smallest absolute Gasteiger partial charge is 0.0861 e. The van der Waals surface area contributed by atoms with Crippen molar-refractivity contribution >= 4 is 0 Å². The highest BCUT2D eigenvalue weighted by Gasteiger charge is 2.52. The van der Waals surface area contributed by atoms with E-state index in [1.165, 1.54) is 6.42 Å². The Bertz CT molecular complexity index is 331. The molecule has 0 aromatic rings. The molecule has 0 unspecified atom stereocenters. The van der Waals surface area contributed by atoms with Gasteiger partial charge < -0.3 is 10.0 Å². The molecular weight excluding hydrogens is 236 g/mol. The summed E-state index contributed by atoms with van der Waals surface area (Å²) in [5, 5.41) is 20.8. The van der Waals surface area contributed by atoms with Crippen LogP contribution in [0, 0.1) is 22.7 Å². The van der Waals surface area contributed by atoms with Crippen molar-refractivity contribution in [2.24, 2.45) is 11.3 Å². The molecule has 2 rings (SSSR count). The van der Waals surface area contributed by atoms with Gasteiger partial charge in [-0.15, -0.1) is 0 Å². The summed E-state index contributed by atoms with van der Waals surface area (Å²) in [7, 11) is 0. The first kappa shape index (κ1) is 14.8. The molecular formula is C16H28N2O. The number of aliphatic hydroxyl groups is 1. The molecule has 2 fully saturated rings. The number of nitriles is 1. The van der Waals surface area contributed by atoms with Crippen LogP contribution in [0.25, 0.3) is 0 Å². The first-order valence-corrected chi connectivity index (χ1v) is 7.95. The topological polar surface area (TPSA) is 47.3 Å². The Balaban J connectivity index is 2.08. The van der Waals surface area contributed by atoms with Gasteiger partial charge in [-0.2, -0.15) is 5.26 Å². The van der Waals surface area contributed by atoms with Crippen molar-refractivity contribution < 1.29 is 5.11 Å². The van der Waals surface area contributed by atoms with Gasteiger partial charge in [-0.1, -0.05) is 20.3 Å². The van der Waals surface area contributed by atoms with Crippen LogP contribution in [-0.4, -0.2) is 35.2 Å². The van der Waals surface area contributed by atoms with Crippen LogP contribution < -0.4 is 0 Å². The van der Waals surface area contributed by atoms with Gasteiger partial charge in [0.25, 0.3) is 0 Å². The third-order valence-electron chi connectivity index (χ3n) is 5.77. The molecule has 0 amide bonds. The predicted molar refractivity (Wildman–Crippen MR) is 76.6 cm³/mol. The molecule has 1 saturated carbocycles. The van der Waals surface area contributed by atoms with Crippen molar-refractivity contribution in [3.63, 3.8) is 0 Å². The van der Waals surface area contributed by atoms with E-state index < -0.39 is 11.0 Å². The standard InChI is InChI=1S/C16H28N2O/c1-3-14-5-7-15(13-17,8-6-14)16(19)9-11-18(4-2)12-10-16/h14,19H,3-12H2,1-2H3. The van der Waals surface area contributed by atoms with E-state index in [1.807, 2.05) is 0 Å². The van der Waals surface area contributed by atoms with Crippen molar-refractivity contribution in [1.82, 2.24) is 4.90 Å². The second-order valence-corrected chi connectivity index (χ2v) is 6.51. The molecule has 1 heterocycles. The minimum atomic E-state index is -0.744. The van der Waals surface area contributed by atoms with E-state index >= 15 is 0 Å². The molecule has 0 bridgehead atoms. The number of rotatable bonds is 3. The van der Waals surface area contributed by atoms with Crippen LogP contribution in [-0.2, 0) is 0 Å². The largest absolute Gasteiger partial charge is 0.388 e. The minimum absolute atomic E-state index is 0.474. The zero-order valence-corrected chi connectivity index (χ0v) is 12.5. The summed E-state index contributed by atoms with van der Waals surface area (Å²) in [6.07, 6.45) is 6.77. The highest BCUT2D eigenvalue weighted by molar-refractivity contribution is 5.14. The molecule has 2 aliphatic rings. The normalized spacial score (nSPS) is 35.8. The Morgan fingerprint density at radius 2 is 1.74 bits per heavy atom. The van der Waals surface area contributed by atoms with E-state index in [2.05, 4.69) is 24.8 Å². The maximum Gasteiger partial charge on any atom is 0.0861 e. The molecule has 1 aliphatic heterocycles. The van der Waals surface area contributed by atoms with Gasteiger partial charge in [0.2, 0.25) is 0 Å². The molecule has 0 aromatic carbocycles. The summed E-state index contributed by atoms with van der Waals surface area (Å²) < 4.78 is 0. The molecule has 0 atom stereocenters. The van der Waals surface area contributed by atoms with E-state index in [9.17, 15) is 10.4 Å². The number of likely N-dealkylation sites (tertiary alicyclic amines) is 1. The number of hydrogen-bond donors (Lipinski definition) is 1. The Morgan fingerprint density at radius 3 is 2.16 bits per heavy atom. The van der Waals surface area contributed by atoms with Crippen LogP contribution in [0.1, 0.15) is 58.8 Å². The van der Waals surface area contributed by atoms with Crippen LogP contribution >= 0.6 is 0 Å². The Morgan fingerprint density at radius 1 is 1.16 bits per heavy atom. The molecule has 0 aromatic heterocycles. The van der Waals surface area contributed by atoms with Crippen molar-refractivity contribution in [2.75, 3.05) is 19.6 Å². The van der Waals surface area contributed by atoms with E-state index in [0.717, 1.165) is 64.1 Å². The summed E-state index contributed by atoms with van der Waals surface area (Å²) in [6.45, 7) is 7.32. The molecule has 0 radical (unpaired) electrons. The molecule has 1 saturated heterocycles. The molecule has 1 aliphatic carbocycles. The summed E-state index contributed by atoms with van der Waals surface area (Å²) >= 11 is 0. The average molecular weight is 264 g/mol. The van der Waals surface area contributed by atoms with Crippen LogP contribution in [0.5, 0.6) is 0 Å². The van der Waals surface area contributed by atoms with E-state index in [4.69, 9.17) is 0 Å². The summed E-state index contributed by atoms with van der Waals surface area (Å²) in [5.41, 5.74) is -1.22. The summed E-state index contributed by atoms with van der Waals surface area (Å²) in [5.74, 6) is 0.765. The predicted octanol–water partition coefficient (Wildman–Crippen LogP) is 2.94. The fourth-order valence-corrected chi connectivity index (χ4v) is 3.98. The maximum absolute atomic E-state index is 11.1. The van der Waals surface area contributed by atoms with Crippen LogP contribution in [0.2, 0.25) is 0 Å². The van der Waals surface area contributed by atoms with Crippen LogP contribution in [0.15, 0.2) is 0 Å². The molecule has 0 spiro atoms. The fourth-order valence-electron chi connectivity index (χ4n) is 3.98. The van der Waals surface area contributed by atoms with Gasteiger partial charge in [0.05, 0.1) is 17.1 Å². The molecule has 19 heavy (non-hydrogen) atoms. The lowest BCUT2D eigenvalue weighted by Gasteiger charge is -2.50. The van der Waals surface area contributed by atoms with Gasteiger partial charge in [-0.3, -0.25) is 0 Å². The minimum Gasteiger partial charge on any atom is -0.388 e. The Kier molecular flexibility index (Phi) is 4.53. The first-order valence-electron chi connectivity index (χ1n) is 7.95. The molecule has 3 nitrogen and oxygen atoms in total. The van der Waals surface area contributed by atoms with Gasteiger partial charge in [0.1, 0.15) is 0 Å². The van der Waals surface area contributed by atoms with E-state index in [1.54, 1.807) is 0 Å². The van der Waals surface area contributed by atoms with Crippen molar-refractivity contribution in [1.29, 1.82) is 5.26 Å². The zero-order chi connectivity index (χ0) is 13.9. The van der Waals surface area contributed by atoms with Gasteiger partial charge in [0.15, 0.2) is 0 Å². The van der Waals surface area contributed by atoms with Gasteiger partial charge in [-0.25, -0.2) is 0 Å². The third kappa shape index (κ3) is 2.66. The lowest BCUT2D eigenvalue weighted by Crippen LogP contribution is -2.55. The Hall–Kier alpha value is -0.590. The Labute approximate surface area is 117 Å². The quantitative estimate of drug-likeness (QED) is 0.852. The SMILES string of the molecule is CCC1CCC(C#N)(C2(O)CCN(CC)CC2)CC1. The second kappa shape index (κ2) is 5.81. The lowest BCUT2D eigenvalue weighted by atomic mass is 9.59. The molecule has 3 heteroatoms. The monoisotopic (exact) mass is 264 g/mol. The van der Waals surface area contributed by atoms with E-state index in [0.29, 0.717) is 0 Å². The van der Waals surface area contributed by atoms with E-state index in [-0.39, 0.29) is 0 Å². The second-order valence-electron chi connectivity index (χ2n) is 6.51. The zero-order valence-electron chi connectivity index (χ0n) is 12.5. The highest BCUT2D eigenvalue weighted by atomic mass is 16.3. The van der Waals surface area contributed by atoms with Crippen molar-refractivity contribution in [2.45, 2.75) is 64.4 Å². The van der Waals surface area contributed by atoms with Crippen molar-refractivity contribution in [3.05, 3.63) is 0 Å². The average Bonchev–Trinajstić information content (AvgIpc) is 2.48.